The van der Waals surface area contributed by atoms with Gasteiger partial charge in [0.1, 0.15) is 0 Å². The van der Waals surface area contributed by atoms with Gasteiger partial charge in [0.15, 0.2) is 0 Å². The van der Waals surface area contributed by atoms with E-state index < -0.39 is 10.0 Å². The molecule has 2 aromatic rings. The Hall–Kier alpha value is -3.22. The predicted molar refractivity (Wildman–Crippen MR) is 125 cm³/mol. The van der Waals surface area contributed by atoms with Crippen LogP contribution in [0.5, 0.6) is 0 Å². The van der Waals surface area contributed by atoms with Gasteiger partial charge in [-0.3, -0.25) is 9.59 Å². The van der Waals surface area contributed by atoms with Gasteiger partial charge >= 0.3 is 0 Å². The number of para-hydroxylation sites is 1. The summed E-state index contributed by atoms with van der Waals surface area (Å²) in [7, 11) is -3.46. The van der Waals surface area contributed by atoms with Gasteiger partial charge in [0, 0.05) is 44.7 Å². The minimum atomic E-state index is -3.46. The molecule has 0 bridgehead atoms. The fourth-order valence-corrected chi connectivity index (χ4v) is 5.19. The number of anilines is 1. The molecule has 0 aliphatic carbocycles. The zero-order valence-corrected chi connectivity index (χ0v) is 19.3. The highest BCUT2D eigenvalue weighted by Crippen LogP contribution is 2.21. The lowest BCUT2D eigenvalue weighted by Crippen LogP contribution is -2.33. The molecular weight excluding hydrogens is 440 g/mol. The van der Waals surface area contributed by atoms with Crippen molar-refractivity contribution in [3.8, 4) is 6.07 Å². The van der Waals surface area contributed by atoms with Crippen LogP contribution in [0.25, 0.3) is 0 Å². The van der Waals surface area contributed by atoms with Crippen molar-refractivity contribution in [1.29, 1.82) is 5.26 Å². The van der Waals surface area contributed by atoms with E-state index in [1.54, 1.807) is 36.4 Å². The molecule has 1 aliphatic heterocycles. The summed E-state index contributed by atoms with van der Waals surface area (Å²) in [6.45, 7) is 1.62. The van der Waals surface area contributed by atoms with E-state index in [0.29, 0.717) is 18.8 Å². The minimum Gasteiger partial charge on any atom is -0.352 e. The molecule has 1 aliphatic rings. The quantitative estimate of drug-likeness (QED) is 0.576. The summed E-state index contributed by atoms with van der Waals surface area (Å²) >= 11 is 0. The molecule has 0 aromatic heterocycles. The van der Waals surface area contributed by atoms with Crippen LogP contribution >= 0.6 is 0 Å². The SMILES string of the molecule is N#CCCN(C(=O)CCC(=O)NCc1ccc(S(=O)(=O)N2CCCC2)cc1)c1ccccc1. The van der Waals surface area contributed by atoms with Crippen molar-refractivity contribution in [2.75, 3.05) is 24.5 Å². The molecular formula is C24H28N4O4S. The lowest BCUT2D eigenvalue weighted by Gasteiger charge is -2.21. The normalized spacial score (nSPS) is 13.9. The molecule has 1 fully saturated rings. The van der Waals surface area contributed by atoms with Gasteiger partial charge in [0.2, 0.25) is 21.8 Å². The van der Waals surface area contributed by atoms with Crippen LogP contribution in [0.15, 0.2) is 59.5 Å². The Kier molecular flexibility index (Phi) is 8.58. The molecule has 2 amide bonds. The molecule has 3 rings (SSSR count). The second-order valence-electron chi connectivity index (χ2n) is 7.82. The van der Waals surface area contributed by atoms with Crippen molar-refractivity contribution in [3.05, 3.63) is 60.2 Å². The van der Waals surface area contributed by atoms with Crippen LogP contribution in [0.4, 0.5) is 5.69 Å². The van der Waals surface area contributed by atoms with E-state index in [0.717, 1.165) is 18.4 Å². The predicted octanol–water partition coefficient (Wildman–Crippen LogP) is 2.81. The van der Waals surface area contributed by atoms with Gasteiger partial charge in [-0.1, -0.05) is 30.3 Å². The number of carbonyl (C=O) groups excluding carboxylic acids is 2. The van der Waals surface area contributed by atoms with Crippen molar-refractivity contribution in [2.24, 2.45) is 0 Å². The molecule has 0 radical (unpaired) electrons. The minimum absolute atomic E-state index is 0.0240. The molecule has 0 spiro atoms. The van der Waals surface area contributed by atoms with Crippen molar-refractivity contribution >= 4 is 27.5 Å². The average molecular weight is 469 g/mol. The summed E-state index contributed by atoms with van der Waals surface area (Å²) < 4.78 is 26.7. The summed E-state index contributed by atoms with van der Waals surface area (Å²) in [6, 6.07) is 17.6. The first kappa shape index (κ1) is 24.4. The van der Waals surface area contributed by atoms with Gasteiger partial charge in [-0.25, -0.2) is 8.42 Å². The smallest absolute Gasteiger partial charge is 0.243 e. The number of amides is 2. The fourth-order valence-electron chi connectivity index (χ4n) is 3.67. The number of nitrogens with one attached hydrogen (secondary N) is 1. The van der Waals surface area contributed by atoms with Gasteiger partial charge in [0.25, 0.3) is 0 Å². The van der Waals surface area contributed by atoms with Crippen molar-refractivity contribution in [3.63, 3.8) is 0 Å². The van der Waals surface area contributed by atoms with Crippen LogP contribution in [0.1, 0.15) is 37.7 Å². The molecule has 0 atom stereocenters. The van der Waals surface area contributed by atoms with E-state index in [4.69, 9.17) is 5.26 Å². The number of nitrogens with zero attached hydrogens (tertiary/aromatic N) is 3. The number of sulfonamides is 1. The Morgan fingerprint density at radius 3 is 2.30 bits per heavy atom. The second kappa shape index (κ2) is 11.6. The lowest BCUT2D eigenvalue weighted by atomic mass is 10.2. The maximum absolute atomic E-state index is 12.6. The molecule has 0 saturated carbocycles. The Morgan fingerprint density at radius 1 is 1.00 bits per heavy atom. The van der Waals surface area contributed by atoms with E-state index in [1.807, 2.05) is 24.3 Å². The number of carbonyl (C=O) groups is 2. The molecule has 174 valence electrons. The Labute approximate surface area is 194 Å². The third-order valence-corrected chi connectivity index (χ3v) is 7.41. The van der Waals surface area contributed by atoms with E-state index in [1.165, 1.54) is 9.21 Å². The third-order valence-electron chi connectivity index (χ3n) is 5.50. The van der Waals surface area contributed by atoms with E-state index in [9.17, 15) is 18.0 Å². The van der Waals surface area contributed by atoms with E-state index in [-0.39, 0.29) is 49.1 Å². The second-order valence-corrected chi connectivity index (χ2v) is 9.76. The van der Waals surface area contributed by atoms with Gasteiger partial charge in [0.05, 0.1) is 17.4 Å². The van der Waals surface area contributed by atoms with Crippen molar-refractivity contribution in [1.82, 2.24) is 9.62 Å². The maximum atomic E-state index is 12.6. The first-order valence-electron chi connectivity index (χ1n) is 11.0. The zero-order chi connectivity index (χ0) is 23.7. The number of rotatable bonds is 10. The maximum Gasteiger partial charge on any atom is 0.243 e. The molecule has 33 heavy (non-hydrogen) atoms. The Morgan fingerprint density at radius 2 is 1.67 bits per heavy atom. The molecule has 9 heteroatoms. The summed E-state index contributed by atoms with van der Waals surface area (Å²) in [5.41, 5.74) is 1.47. The largest absolute Gasteiger partial charge is 0.352 e. The number of nitriles is 1. The number of hydrogen-bond donors (Lipinski definition) is 1. The highest BCUT2D eigenvalue weighted by molar-refractivity contribution is 7.89. The molecule has 1 heterocycles. The Balaban J connectivity index is 1.49. The first-order valence-corrected chi connectivity index (χ1v) is 12.4. The summed E-state index contributed by atoms with van der Waals surface area (Å²) in [4.78, 5) is 26.7. The van der Waals surface area contributed by atoms with Gasteiger partial charge in [-0.15, -0.1) is 0 Å². The highest BCUT2D eigenvalue weighted by Gasteiger charge is 2.26. The monoisotopic (exact) mass is 468 g/mol. The standard InChI is InChI=1S/C24H28N4O4S/c25-15-6-18-28(21-7-2-1-3-8-21)24(30)14-13-23(29)26-19-20-9-11-22(12-10-20)33(31,32)27-16-4-5-17-27/h1-3,7-12H,4-6,13-14,16-19H2,(H,26,29). The van der Waals surface area contributed by atoms with Gasteiger partial charge in [-0.05, 0) is 42.7 Å². The van der Waals surface area contributed by atoms with Crippen LogP contribution < -0.4 is 10.2 Å². The van der Waals surface area contributed by atoms with Crippen LogP contribution in [0.3, 0.4) is 0 Å². The van der Waals surface area contributed by atoms with Crippen LogP contribution in [0.2, 0.25) is 0 Å². The summed E-state index contributed by atoms with van der Waals surface area (Å²) in [6.07, 6.45) is 2.02. The molecule has 2 aromatic carbocycles. The van der Waals surface area contributed by atoms with Crippen molar-refractivity contribution in [2.45, 2.75) is 43.5 Å². The fraction of sp³-hybridized carbons (Fsp3) is 0.375. The Bertz CT molecular complexity index is 1090. The van der Waals surface area contributed by atoms with Crippen molar-refractivity contribution < 1.29 is 18.0 Å². The molecule has 1 N–H and O–H groups in total. The molecule has 0 unspecified atom stereocenters. The zero-order valence-electron chi connectivity index (χ0n) is 18.4. The average Bonchev–Trinajstić information content (AvgIpc) is 3.39. The topological polar surface area (TPSA) is 111 Å². The first-order chi connectivity index (χ1) is 15.9. The van der Waals surface area contributed by atoms with Gasteiger partial charge in [-0.2, -0.15) is 9.57 Å². The molecule has 1 saturated heterocycles. The molecule has 8 nitrogen and oxygen atoms in total. The van der Waals surface area contributed by atoms with Crippen LogP contribution in [0, 0.1) is 11.3 Å². The van der Waals surface area contributed by atoms with E-state index in [2.05, 4.69) is 5.32 Å². The summed E-state index contributed by atoms with van der Waals surface area (Å²) in [5, 5.41) is 11.6. The highest BCUT2D eigenvalue weighted by atomic mass is 32.2. The summed E-state index contributed by atoms with van der Waals surface area (Å²) in [5.74, 6) is -0.492. The lowest BCUT2D eigenvalue weighted by molar-refractivity contribution is -0.125. The van der Waals surface area contributed by atoms with Crippen LogP contribution in [-0.4, -0.2) is 44.2 Å². The number of benzene rings is 2. The number of hydrogen-bond acceptors (Lipinski definition) is 5. The third kappa shape index (κ3) is 6.63. The van der Waals surface area contributed by atoms with E-state index >= 15 is 0 Å². The van der Waals surface area contributed by atoms with Gasteiger partial charge < -0.3 is 10.2 Å². The van der Waals surface area contributed by atoms with Crippen LogP contribution in [-0.2, 0) is 26.2 Å².